The molecule has 0 aromatic heterocycles. The molecule has 2 atom stereocenters. The molecule has 0 radical (unpaired) electrons. The first-order valence-corrected chi connectivity index (χ1v) is 5.63. The Morgan fingerprint density at radius 2 is 1.79 bits per heavy atom. The summed E-state index contributed by atoms with van der Waals surface area (Å²) in [6.45, 7) is 3.57. The van der Waals surface area contributed by atoms with Gasteiger partial charge in [-0.05, 0) is 13.8 Å². The summed E-state index contributed by atoms with van der Waals surface area (Å²) in [7, 11) is 0. The Bertz CT molecular complexity index is 371. The molecule has 9 nitrogen and oxygen atoms in total. The zero-order valence-corrected chi connectivity index (χ0v) is 10.7. The molecule has 0 aliphatic carbocycles. The Morgan fingerprint density at radius 1 is 1.21 bits per heavy atom. The van der Waals surface area contributed by atoms with E-state index >= 15 is 0 Å². The van der Waals surface area contributed by atoms with Crippen LogP contribution in [0, 0.1) is 0 Å². The Balaban J connectivity index is 4.37. The third-order valence-electron chi connectivity index (χ3n) is 2.10. The lowest BCUT2D eigenvalue weighted by molar-refractivity contribution is -0.140. The minimum atomic E-state index is -1.43. The number of nitrogens with one attached hydrogen (secondary N) is 3. The van der Waals surface area contributed by atoms with Gasteiger partial charge in [0.2, 0.25) is 11.8 Å². The average Bonchev–Trinajstić information content (AvgIpc) is 2.27. The van der Waals surface area contributed by atoms with Crippen molar-refractivity contribution in [3.8, 4) is 0 Å². The van der Waals surface area contributed by atoms with Gasteiger partial charge in [0.25, 0.3) is 0 Å². The summed E-state index contributed by atoms with van der Waals surface area (Å²) < 4.78 is 0. The number of carbonyl (C=O) groups is 4. The fraction of sp³-hybridized carbons (Fsp3) is 0.600. The minimum Gasteiger partial charge on any atom is -0.480 e. The summed E-state index contributed by atoms with van der Waals surface area (Å²) in [6, 6.07) is -3.13. The average molecular weight is 274 g/mol. The maximum Gasteiger partial charge on any atom is 0.326 e. The Morgan fingerprint density at radius 3 is 2.21 bits per heavy atom. The van der Waals surface area contributed by atoms with E-state index < -0.39 is 42.3 Å². The summed E-state index contributed by atoms with van der Waals surface area (Å²) >= 11 is 0. The highest BCUT2D eigenvalue weighted by Crippen LogP contribution is 1.92. The van der Waals surface area contributed by atoms with Gasteiger partial charge in [0, 0.05) is 6.54 Å². The number of primary amides is 1. The maximum atomic E-state index is 11.4. The van der Waals surface area contributed by atoms with E-state index in [1.54, 1.807) is 6.92 Å². The van der Waals surface area contributed by atoms with E-state index in [0.717, 1.165) is 0 Å². The van der Waals surface area contributed by atoms with Crippen LogP contribution in [-0.2, 0) is 14.4 Å². The van der Waals surface area contributed by atoms with E-state index in [2.05, 4.69) is 10.6 Å². The first kappa shape index (κ1) is 16.7. The predicted octanol–water partition coefficient (Wildman–Crippen LogP) is -1.86. The first-order valence-electron chi connectivity index (χ1n) is 5.63. The van der Waals surface area contributed by atoms with Crippen molar-refractivity contribution in [1.82, 2.24) is 16.0 Å². The number of carbonyl (C=O) groups excluding carboxylic acids is 3. The zero-order valence-electron chi connectivity index (χ0n) is 10.7. The van der Waals surface area contributed by atoms with Crippen LogP contribution in [0.5, 0.6) is 0 Å². The highest BCUT2D eigenvalue weighted by molar-refractivity contribution is 5.90. The zero-order chi connectivity index (χ0) is 15.0. The van der Waals surface area contributed by atoms with Crippen LogP contribution >= 0.6 is 0 Å². The highest BCUT2D eigenvalue weighted by Gasteiger charge is 2.23. The molecule has 0 bridgehead atoms. The van der Waals surface area contributed by atoms with Crippen LogP contribution in [0.4, 0.5) is 4.79 Å². The summed E-state index contributed by atoms with van der Waals surface area (Å²) in [4.78, 5) is 44.2. The van der Waals surface area contributed by atoms with Crippen LogP contribution in [0.25, 0.3) is 0 Å². The molecular weight excluding hydrogens is 256 g/mol. The molecule has 0 fully saturated rings. The van der Waals surface area contributed by atoms with Crippen molar-refractivity contribution in [3.63, 3.8) is 0 Å². The Kier molecular flexibility index (Phi) is 6.94. The SMILES string of the molecule is CCNC(=O)C(C)NC(=O)N[C@H](CC(N)=O)C(=O)O. The summed E-state index contributed by atoms with van der Waals surface area (Å²) in [5, 5.41) is 15.5. The second kappa shape index (κ2) is 7.90. The van der Waals surface area contributed by atoms with Crippen molar-refractivity contribution in [1.29, 1.82) is 0 Å². The first-order chi connectivity index (χ1) is 8.77. The molecule has 6 N–H and O–H groups in total. The number of urea groups is 1. The second-order valence-electron chi connectivity index (χ2n) is 3.80. The molecule has 19 heavy (non-hydrogen) atoms. The number of nitrogens with two attached hydrogens (primary N) is 1. The molecule has 4 amide bonds. The fourth-order valence-corrected chi connectivity index (χ4v) is 1.19. The largest absolute Gasteiger partial charge is 0.480 e. The molecule has 0 spiro atoms. The molecule has 0 aromatic carbocycles. The van der Waals surface area contributed by atoms with Gasteiger partial charge in [0.05, 0.1) is 6.42 Å². The lowest BCUT2D eigenvalue weighted by Gasteiger charge is -2.17. The second-order valence-corrected chi connectivity index (χ2v) is 3.80. The van der Waals surface area contributed by atoms with E-state index in [9.17, 15) is 19.2 Å². The Labute approximate surface area is 109 Å². The third kappa shape index (κ3) is 6.86. The third-order valence-corrected chi connectivity index (χ3v) is 2.10. The lowest BCUT2D eigenvalue weighted by atomic mass is 10.2. The monoisotopic (exact) mass is 274 g/mol. The number of carboxylic acid groups (broad SMARTS) is 1. The highest BCUT2D eigenvalue weighted by atomic mass is 16.4. The Hall–Kier alpha value is -2.32. The number of hydrogen-bond donors (Lipinski definition) is 5. The van der Waals surface area contributed by atoms with E-state index in [4.69, 9.17) is 10.8 Å². The molecular formula is C10H18N4O5. The van der Waals surface area contributed by atoms with Gasteiger partial charge in [-0.3, -0.25) is 9.59 Å². The molecule has 0 saturated carbocycles. The molecule has 0 aromatic rings. The van der Waals surface area contributed by atoms with Crippen molar-refractivity contribution < 1.29 is 24.3 Å². The van der Waals surface area contributed by atoms with Gasteiger partial charge in [0.15, 0.2) is 0 Å². The van der Waals surface area contributed by atoms with Crippen LogP contribution in [0.1, 0.15) is 20.3 Å². The number of hydrogen-bond acceptors (Lipinski definition) is 4. The van der Waals surface area contributed by atoms with E-state index in [1.807, 2.05) is 5.32 Å². The van der Waals surface area contributed by atoms with Crippen LogP contribution in [-0.4, -0.2) is 47.5 Å². The summed E-state index contributed by atoms with van der Waals surface area (Å²) in [5.41, 5.74) is 4.86. The number of aliphatic carboxylic acids is 1. The number of likely N-dealkylation sites (N-methyl/N-ethyl adjacent to an activating group) is 1. The smallest absolute Gasteiger partial charge is 0.326 e. The maximum absolute atomic E-state index is 11.4. The molecule has 0 saturated heterocycles. The van der Waals surface area contributed by atoms with E-state index in [-0.39, 0.29) is 0 Å². The van der Waals surface area contributed by atoms with Gasteiger partial charge >= 0.3 is 12.0 Å². The molecule has 108 valence electrons. The van der Waals surface area contributed by atoms with Gasteiger partial charge in [0.1, 0.15) is 12.1 Å². The van der Waals surface area contributed by atoms with Crippen LogP contribution in [0.2, 0.25) is 0 Å². The van der Waals surface area contributed by atoms with Crippen molar-refractivity contribution in [2.75, 3.05) is 6.54 Å². The molecule has 0 aliphatic heterocycles. The quantitative estimate of drug-likeness (QED) is 0.369. The van der Waals surface area contributed by atoms with Crippen molar-refractivity contribution in [2.24, 2.45) is 5.73 Å². The lowest BCUT2D eigenvalue weighted by Crippen LogP contribution is -2.53. The molecule has 9 heteroatoms. The van der Waals surface area contributed by atoms with Crippen LogP contribution in [0.3, 0.4) is 0 Å². The summed E-state index contributed by atoms with van der Waals surface area (Å²) in [5.74, 6) is -2.65. The summed E-state index contributed by atoms with van der Waals surface area (Å²) in [6.07, 6.45) is -0.529. The number of amides is 4. The van der Waals surface area contributed by atoms with E-state index in [1.165, 1.54) is 6.92 Å². The van der Waals surface area contributed by atoms with Crippen LogP contribution < -0.4 is 21.7 Å². The predicted molar refractivity (Wildman–Crippen MR) is 65.0 cm³/mol. The van der Waals surface area contributed by atoms with Gasteiger partial charge < -0.3 is 26.8 Å². The normalized spacial score (nSPS) is 12.9. The van der Waals surface area contributed by atoms with E-state index in [0.29, 0.717) is 6.54 Å². The van der Waals surface area contributed by atoms with Gasteiger partial charge in [-0.2, -0.15) is 0 Å². The standard InChI is InChI=1S/C10H18N4O5/c1-3-12-8(16)5(2)13-10(19)14-6(9(17)18)4-7(11)15/h5-6H,3-4H2,1-2H3,(H2,11,15)(H,12,16)(H,17,18)(H2,13,14,19)/t5?,6-/m1/s1. The van der Waals surface area contributed by atoms with Gasteiger partial charge in [-0.25, -0.2) is 9.59 Å². The van der Waals surface area contributed by atoms with Crippen molar-refractivity contribution in [2.45, 2.75) is 32.4 Å². The number of carboxylic acids is 1. The molecule has 0 heterocycles. The fourth-order valence-electron chi connectivity index (χ4n) is 1.19. The molecule has 0 aliphatic rings. The van der Waals surface area contributed by atoms with Gasteiger partial charge in [-0.1, -0.05) is 0 Å². The van der Waals surface area contributed by atoms with Crippen molar-refractivity contribution >= 4 is 23.8 Å². The van der Waals surface area contributed by atoms with Crippen LogP contribution in [0.15, 0.2) is 0 Å². The molecule has 0 rings (SSSR count). The van der Waals surface area contributed by atoms with Crippen molar-refractivity contribution in [3.05, 3.63) is 0 Å². The minimum absolute atomic E-state index is 0.403. The molecule has 1 unspecified atom stereocenters. The number of rotatable bonds is 7. The topological polar surface area (TPSA) is 151 Å². The van der Waals surface area contributed by atoms with Gasteiger partial charge in [-0.15, -0.1) is 0 Å².